The Morgan fingerprint density at radius 2 is 2.19 bits per heavy atom. The Balaban J connectivity index is 1.93. The topological polar surface area (TPSA) is 57.8 Å². The van der Waals surface area contributed by atoms with Crippen LogP contribution in [0.1, 0.15) is 12.5 Å². The number of aryl methyl sites for hydroxylation is 1. The van der Waals surface area contributed by atoms with Gasteiger partial charge in [-0.25, -0.2) is 9.67 Å². The molecule has 0 aliphatic carbocycles. The third-order valence-corrected chi connectivity index (χ3v) is 3.26. The van der Waals surface area contributed by atoms with Crippen LogP contribution in [0.15, 0.2) is 42.9 Å². The second-order valence-corrected chi connectivity index (χ2v) is 4.69. The third-order valence-electron chi connectivity index (χ3n) is 3.26. The fourth-order valence-electron chi connectivity index (χ4n) is 2.25. The Labute approximate surface area is 123 Å². The van der Waals surface area contributed by atoms with Gasteiger partial charge >= 0.3 is 0 Å². The molecule has 0 N–H and O–H groups in total. The number of ether oxygens (including phenoxy) is 1. The molecule has 3 rings (SSSR count). The summed E-state index contributed by atoms with van der Waals surface area (Å²) in [6.07, 6.45) is 5.60. The number of aromatic nitrogens is 5. The van der Waals surface area contributed by atoms with Crippen LogP contribution in [0.4, 0.5) is 0 Å². The SMILES string of the molecule is CCn1ccnc1-c1cn(-c2cccc(COC)c2)nn1. The molecule has 2 heterocycles. The minimum absolute atomic E-state index is 0.579. The quantitative estimate of drug-likeness (QED) is 0.721. The zero-order chi connectivity index (χ0) is 14.7. The summed E-state index contributed by atoms with van der Waals surface area (Å²) in [5.41, 5.74) is 2.82. The lowest BCUT2D eigenvalue weighted by molar-refractivity contribution is 0.185. The van der Waals surface area contributed by atoms with Gasteiger partial charge in [-0.2, -0.15) is 0 Å². The van der Waals surface area contributed by atoms with Crippen LogP contribution < -0.4 is 0 Å². The predicted molar refractivity (Wildman–Crippen MR) is 79.0 cm³/mol. The van der Waals surface area contributed by atoms with Gasteiger partial charge in [0.25, 0.3) is 0 Å². The molecule has 0 saturated heterocycles. The van der Waals surface area contributed by atoms with Gasteiger partial charge in [0.15, 0.2) is 5.82 Å². The molecular formula is C15H17N5O. The van der Waals surface area contributed by atoms with Crippen LogP contribution in [-0.4, -0.2) is 31.7 Å². The van der Waals surface area contributed by atoms with Gasteiger partial charge in [0, 0.05) is 26.0 Å². The number of methoxy groups -OCH3 is 1. The lowest BCUT2D eigenvalue weighted by atomic mass is 10.2. The van der Waals surface area contributed by atoms with E-state index in [9.17, 15) is 0 Å². The van der Waals surface area contributed by atoms with E-state index in [1.165, 1.54) is 0 Å². The molecule has 0 amide bonds. The van der Waals surface area contributed by atoms with Gasteiger partial charge in [-0.15, -0.1) is 5.10 Å². The lowest BCUT2D eigenvalue weighted by Gasteiger charge is -2.03. The average molecular weight is 283 g/mol. The van der Waals surface area contributed by atoms with Crippen LogP contribution in [-0.2, 0) is 17.9 Å². The number of hydrogen-bond donors (Lipinski definition) is 0. The molecule has 6 nitrogen and oxygen atoms in total. The van der Waals surface area contributed by atoms with Crippen molar-refractivity contribution < 1.29 is 4.74 Å². The molecule has 108 valence electrons. The maximum Gasteiger partial charge on any atom is 0.162 e. The van der Waals surface area contributed by atoms with Crippen LogP contribution in [0.3, 0.4) is 0 Å². The summed E-state index contributed by atoms with van der Waals surface area (Å²) in [6, 6.07) is 8.03. The molecule has 2 aromatic heterocycles. The number of imidazole rings is 1. The van der Waals surface area contributed by atoms with Gasteiger partial charge in [-0.1, -0.05) is 17.3 Å². The summed E-state index contributed by atoms with van der Waals surface area (Å²) < 4.78 is 8.95. The van der Waals surface area contributed by atoms with E-state index in [1.54, 1.807) is 18.0 Å². The van der Waals surface area contributed by atoms with Crippen molar-refractivity contribution in [3.63, 3.8) is 0 Å². The van der Waals surface area contributed by atoms with E-state index in [1.807, 2.05) is 41.2 Å². The van der Waals surface area contributed by atoms with Gasteiger partial charge < -0.3 is 9.30 Å². The Morgan fingerprint density at radius 3 is 3.00 bits per heavy atom. The second kappa shape index (κ2) is 5.88. The first-order valence-corrected chi connectivity index (χ1v) is 6.84. The van der Waals surface area contributed by atoms with Crippen molar-refractivity contribution in [2.75, 3.05) is 7.11 Å². The maximum atomic E-state index is 5.15. The molecular weight excluding hydrogens is 266 g/mol. The van der Waals surface area contributed by atoms with Gasteiger partial charge in [0.05, 0.1) is 18.5 Å². The molecule has 0 spiro atoms. The first-order chi connectivity index (χ1) is 10.3. The highest BCUT2D eigenvalue weighted by Crippen LogP contribution is 2.17. The number of hydrogen-bond acceptors (Lipinski definition) is 4. The van der Waals surface area contributed by atoms with Crippen LogP contribution in [0, 0.1) is 0 Å². The van der Waals surface area contributed by atoms with Gasteiger partial charge in [-0.05, 0) is 24.6 Å². The first-order valence-electron chi connectivity index (χ1n) is 6.84. The average Bonchev–Trinajstić information content (AvgIpc) is 3.16. The van der Waals surface area contributed by atoms with Gasteiger partial charge in [0.2, 0.25) is 0 Å². The van der Waals surface area contributed by atoms with Crippen LogP contribution >= 0.6 is 0 Å². The Bertz CT molecular complexity index is 731. The van der Waals surface area contributed by atoms with Crippen LogP contribution in [0.5, 0.6) is 0 Å². The van der Waals surface area contributed by atoms with Crippen LogP contribution in [0.2, 0.25) is 0 Å². The Kier molecular flexibility index (Phi) is 3.79. The van der Waals surface area contributed by atoms with Crippen molar-refractivity contribution in [1.82, 2.24) is 24.5 Å². The van der Waals surface area contributed by atoms with E-state index in [2.05, 4.69) is 22.2 Å². The molecule has 0 radical (unpaired) electrons. The third kappa shape index (κ3) is 2.71. The van der Waals surface area contributed by atoms with E-state index >= 15 is 0 Å². The monoisotopic (exact) mass is 283 g/mol. The zero-order valence-electron chi connectivity index (χ0n) is 12.1. The Hall–Kier alpha value is -2.47. The van der Waals surface area contributed by atoms with Gasteiger partial charge in [0.1, 0.15) is 5.69 Å². The number of benzene rings is 1. The van der Waals surface area contributed by atoms with Crippen molar-refractivity contribution in [3.05, 3.63) is 48.4 Å². The largest absolute Gasteiger partial charge is 0.380 e. The van der Waals surface area contributed by atoms with E-state index < -0.39 is 0 Å². The number of rotatable bonds is 5. The molecule has 0 saturated carbocycles. The molecule has 6 heteroatoms. The molecule has 0 aliphatic rings. The highest BCUT2D eigenvalue weighted by Gasteiger charge is 2.10. The highest BCUT2D eigenvalue weighted by atomic mass is 16.5. The fourth-order valence-corrected chi connectivity index (χ4v) is 2.25. The smallest absolute Gasteiger partial charge is 0.162 e. The van der Waals surface area contributed by atoms with E-state index in [0.29, 0.717) is 6.61 Å². The molecule has 0 unspecified atom stereocenters. The van der Waals surface area contributed by atoms with Crippen molar-refractivity contribution in [2.45, 2.75) is 20.1 Å². The highest BCUT2D eigenvalue weighted by molar-refractivity contribution is 5.49. The van der Waals surface area contributed by atoms with E-state index in [0.717, 1.165) is 29.3 Å². The summed E-state index contributed by atoms with van der Waals surface area (Å²) in [5, 5.41) is 8.41. The molecule has 0 fully saturated rings. The second-order valence-electron chi connectivity index (χ2n) is 4.69. The maximum absolute atomic E-state index is 5.15. The Morgan fingerprint density at radius 1 is 1.29 bits per heavy atom. The van der Waals surface area contributed by atoms with Crippen molar-refractivity contribution >= 4 is 0 Å². The summed E-state index contributed by atoms with van der Waals surface area (Å²) in [4.78, 5) is 4.34. The molecule has 0 atom stereocenters. The van der Waals surface area contributed by atoms with E-state index in [-0.39, 0.29) is 0 Å². The first kappa shape index (κ1) is 13.5. The lowest BCUT2D eigenvalue weighted by Crippen LogP contribution is -1.97. The minimum atomic E-state index is 0.579. The van der Waals surface area contributed by atoms with Crippen molar-refractivity contribution in [2.24, 2.45) is 0 Å². The summed E-state index contributed by atoms with van der Waals surface area (Å²) in [5.74, 6) is 0.830. The summed E-state index contributed by atoms with van der Waals surface area (Å²) in [7, 11) is 1.69. The molecule has 21 heavy (non-hydrogen) atoms. The normalized spacial score (nSPS) is 11.0. The fraction of sp³-hybridized carbons (Fsp3) is 0.267. The zero-order valence-corrected chi connectivity index (χ0v) is 12.1. The van der Waals surface area contributed by atoms with Crippen molar-refractivity contribution in [3.8, 4) is 17.2 Å². The predicted octanol–water partition coefficient (Wildman–Crippen LogP) is 2.30. The molecule has 3 aromatic rings. The number of nitrogens with zero attached hydrogens (tertiary/aromatic N) is 5. The summed E-state index contributed by atoms with van der Waals surface area (Å²) >= 11 is 0. The van der Waals surface area contributed by atoms with E-state index in [4.69, 9.17) is 4.74 Å². The van der Waals surface area contributed by atoms with Crippen molar-refractivity contribution in [1.29, 1.82) is 0 Å². The molecule has 0 aliphatic heterocycles. The molecule has 1 aromatic carbocycles. The van der Waals surface area contributed by atoms with Crippen LogP contribution in [0.25, 0.3) is 17.2 Å². The van der Waals surface area contributed by atoms with Gasteiger partial charge in [-0.3, -0.25) is 0 Å². The molecule has 0 bridgehead atoms. The standard InChI is InChI=1S/C15H17N5O/c1-3-19-8-7-16-15(19)14-10-20(18-17-14)13-6-4-5-12(9-13)11-21-2/h4-10H,3,11H2,1-2H3. The summed E-state index contributed by atoms with van der Waals surface area (Å²) in [6.45, 7) is 3.50. The minimum Gasteiger partial charge on any atom is -0.380 e.